The first-order valence-electron chi connectivity index (χ1n) is 10.7. The molecule has 0 amide bonds. The molecular formula is C27H21N3O3. The molecule has 0 fully saturated rings. The van der Waals surface area contributed by atoms with Crippen molar-refractivity contribution in [1.82, 2.24) is 4.98 Å². The Morgan fingerprint density at radius 1 is 0.909 bits per heavy atom. The van der Waals surface area contributed by atoms with Crippen molar-refractivity contribution < 1.29 is 9.72 Å². The third-order valence-electron chi connectivity index (χ3n) is 5.93. The number of ketones is 1. The van der Waals surface area contributed by atoms with E-state index in [-0.39, 0.29) is 23.8 Å². The van der Waals surface area contributed by atoms with E-state index >= 15 is 0 Å². The van der Waals surface area contributed by atoms with Gasteiger partial charge >= 0.3 is 0 Å². The van der Waals surface area contributed by atoms with Crippen LogP contribution in [0.3, 0.4) is 0 Å². The second-order valence-electron chi connectivity index (χ2n) is 8.02. The van der Waals surface area contributed by atoms with Crippen LogP contribution in [0.25, 0.3) is 16.5 Å². The van der Waals surface area contributed by atoms with Crippen molar-refractivity contribution in [2.24, 2.45) is 0 Å². The molecule has 6 heteroatoms. The lowest BCUT2D eigenvalue weighted by atomic mass is 9.85. The lowest BCUT2D eigenvalue weighted by molar-refractivity contribution is -0.481. The van der Waals surface area contributed by atoms with Gasteiger partial charge in [0.1, 0.15) is 0 Å². The van der Waals surface area contributed by atoms with E-state index in [4.69, 9.17) is 4.98 Å². The van der Waals surface area contributed by atoms with Crippen LogP contribution in [0.5, 0.6) is 0 Å². The molecular weight excluding hydrogens is 414 g/mol. The molecule has 2 heterocycles. The first-order chi connectivity index (χ1) is 16.1. The lowest BCUT2D eigenvalue weighted by Gasteiger charge is -2.32. The van der Waals surface area contributed by atoms with Gasteiger partial charge in [-0.3, -0.25) is 14.9 Å². The minimum atomic E-state index is -0.465. The maximum Gasteiger partial charge on any atom is 0.214 e. The van der Waals surface area contributed by atoms with Gasteiger partial charge < -0.3 is 4.90 Å². The standard InChI is InChI=1S/C27H21N3O3/c31-27(20-9-2-1-3-10-20)18-29-16-23(25-15-14-19-8-4-6-12-24(19)28-25)22(17-30(32)33)21-11-5-7-13-26(21)29/h1-16,22H,17-18H2/t22-/m0/s1. The van der Waals surface area contributed by atoms with Crippen LogP contribution in [-0.2, 0) is 0 Å². The molecule has 0 spiro atoms. The normalized spacial score (nSPS) is 15.1. The van der Waals surface area contributed by atoms with Crippen molar-refractivity contribution in [1.29, 1.82) is 0 Å². The van der Waals surface area contributed by atoms with Gasteiger partial charge in [0.15, 0.2) is 5.78 Å². The summed E-state index contributed by atoms with van der Waals surface area (Å²) in [5.41, 5.74) is 4.48. The molecule has 0 bridgehead atoms. The van der Waals surface area contributed by atoms with Gasteiger partial charge in [-0.05, 0) is 23.8 Å². The molecule has 1 aromatic heterocycles. The second kappa shape index (κ2) is 8.67. The number of hydrogen-bond acceptors (Lipinski definition) is 5. The van der Waals surface area contributed by atoms with Gasteiger partial charge in [-0.2, -0.15) is 0 Å². The monoisotopic (exact) mass is 435 g/mol. The van der Waals surface area contributed by atoms with Gasteiger partial charge in [0.05, 0.1) is 23.7 Å². The number of rotatable bonds is 6. The van der Waals surface area contributed by atoms with Crippen LogP contribution >= 0.6 is 0 Å². The van der Waals surface area contributed by atoms with E-state index in [0.29, 0.717) is 11.3 Å². The number of benzene rings is 3. The molecule has 1 aliphatic heterocycles. The predicted molar refractivity (Wildman–Crippen MR) is 129 cm³/mol. The molecule has 6 nitrogen and oxygen atoms in total. The summed E-state index contributed by atoms with van der Waals surface area (Å²) in [4.78, 5) is 31.0. The average Bonchev–Trinajstić information content (AvgIpc) is 2.85. The van der Waals surface area contributed by atoms with Crippen LogP contribution in [0.15, 0.2) is 97.2 Å². The molecule has 1 aliphatic rings. The summed E-state index contributed by atoms with van der Waals surface area (Å²) < 4.78 is 0. The van der Waals surface area contributed by atoms with Crippen molar-refractivity contribution in [2.75, 3.05) is 18.0 Å². The van der Waals surface area contributed by atoms with Crippen molar-refractivity contribution >= 4 is 27.9 Å². The largest absolute Gasteiger partial charge is 0.340 e. The van der Waals surface area contributed by atoms with Crippen LogP contribution in [0.4, 0.5) is 5.69 Å². The fourth-order valence-electron chi connectivity index (χ4n) is 4.36. The summed E-state index contributed by atoms with van der Waals surface area (Å²) in [7, 11) is 0. The highest BCUT2D eigenvalue weighted by molar-refractivity contribution is 6.00. The van der Waals surface area contributed by atoms with Crippen LogP contribution in [-0.4, -0.2) is 28.8 Å². The topological polar surface area (TPSA) is 76.3 Å². The molecule has 0 aliphatic carbocycles. The molecule has 0 saturated heterocycles. The summed E-state index contributed by atoms with van der Waals surface area (Å²) in [6.07, 6.45) is 1.86. The molecule has 5 rings (SSSR count). The summed E-state index contributed by atoms with van der Waals surface area (Å²) >= 11 is 0. The number of carbonyl (C=O) groups is 1. The molecule has 33 heavy (non-hydrogen) atoms. The van der Waals surface area contributed by atoms with E-state index in [1.807, 2.05) is 90.0 Å². The Morgan fingerprint density at radius 2 is 1.64 bits per heavy atom. The van der Waals surface area contributed by atoms with Gasteiger partial charge in [-0.15, -0.1) is 0 Å². The van der Waals surface area contributed by atoms with Crippen molar-refractivity contribution in [2.45, 2.75) is 5.92 Å². The SMILES string of the molecule is O=C(CN1C=C(c2ccc3ccccc3n2)[C@@H](C[N+](=O)[O-])c2ccccc21)c1ccccc1. The number of carbonyl (C=O) groups excluding carboxylic acids is 1. The van der Waals surface area contributed by atoms with E-state index in [2.05, 4.69) is 0 Å². The number of nitro groups is 1. The van der Waals surface area contributed by atoms with Crippen LogP contribution in [0.2, 0.25) is 0 Å². The summed E-state index contributed by atoms with van der Waals surface area (Å²) in [5.74, 6) is -0.492. The van der Waals surface area contributed by atoms with Crippen molar-refractivity contribution in [3.8, 4) is 0 Å². The highest BCUT2D eigenvalue weighted by atomic mass is 16.6. The minimum absolute atomic E-state index is 0.0276. The van der Waals surface area contributed by atoms with Crippen LogP contribution in [0.1, 0.15) is 27.5 Å². The lowest BCUT2D eigenvalue weighted by Crippen LogP contribution is -2.31. The first kappa shape index (κ1) is 20.6. The zero-order valence-electron chi connectivity index (χ0n) is 17.8. The molecule has 0 saturated carbocycles. The Morgan fingerprint density at radius 3 is 2.45 bits per heavy atom. The van der Waals surface area contributed by atoms with Gasteiger partial charge in [-0.25, -0.2) is 4.98 Å². The molecule has 1 atom stereocenters. The van der Waals surface area contributed by atoms with Gasteiger partial charge in [0.2, 0.25) is 6.54 Å². The molecule has 0 unspecified atom stereocenters. The Bertz CT molecular complexity index is 1380. The number of fused-ring (bicyclic) bond motifs is 2. The fraction of sp³-hybridized carbons (Fsp3) is 0.111. The van der Waals surface area contributed by atoms with E-state index in [0.717, 1.165) is 27.7 Å². The third-order valence-corrected chi connectivity index (χ3v) is 5.93. The van der Waals surface area contributed by atoms with Gasteiger partial charge in [0.25, 0.3) is 0 Å². The number of nitrogens with zero attached hydrogens (tertiary/aromatic N) is 3. The second-order valence-corrected chi connectivity index (χ2v) is 8.02. The first-order valence-corrected chi connectivity index (χ1v) is 10.7. The summed E-state index contributed by atoms with van der Waals surface area (Å²) in [6.45, 7) is -0.124. The van der Waals surface area contributed by atoms with Crippen LogP contribution < -0.4 is 4.90 Å². The number of para-hydroxylation sites is 2. The number of anilines is 1. The zero-order chi connectivity index (χ0) is 22.8. The maximum atomic E-state index is 13.0. The predicted octanol–water partition coefficient (Wildman–Crippen LogP) is 5.34. The van der Waals surface area contributed by atoms with Gasteiger partial charge in [0, 0.05) is 33.3 Å². The summed E-state index contributed by atoms with van der Waals surface area (Å²) in [6, 6.07) is 28.4. The smallest absolute Gasteiger partial charge is 0.214 e. The number of aromatic nitrogens is 1. The van der Waals surface area contributed by atoms with E-state index in [1.54, 1.807) is 12.1 Å². The Balaban J connectivity index is 1.62. The highest BCUT2D eigenvalue weighted by Gasteiger charge is 2.33. The quantitative estimate of drug-likeness (QED) is 0.232. The Hall–Kier alpha value is -4.32. The van der Waals surface area contributed by atoms with E-state index in [9.17, 15) is 14.9 Å². The Labute approximate surface area is 191 Å². The zero-order valence-corrected chi connectivity index (χ0v) is 17.8. The van der Waals surface area contributed by atoms with Crippen LogP contribution in [0, 0.1) is 10.1 Å². The number of hydrogen-bond donors (Lipinski definition) is 0. The molecule has 4 aromatic rings. The van der Waals surface area contributed by atoms with Gasteiger partial charge in [-0.1, -0.05) is 72.8 Å². The minimum Gasteiger partial charge on any atom is -0.340 e. The maximum absolute atomic E-state index is 13.0. The fourth-order valence-corrected chi connectivity index (χ4v) is 4.36. The molecule has 3 aromatic carbocycles. The van der Waals surface area contributed by atoms with E-state index in [1.165, 1.54) is 0 Å². The Kier molecular flexibility index (Phi) is 5.40. The van der Waals surface area contributed by atoms with E-state index < -0.39 is 5.92 Å². The summed E-state index contributed by atoms with van der Waals surface area (Å²) in [5, 5.41) is 12.6. The average molecular weight is 435 g/mol. The molecule has 0 radical (unpaired) electrons. The molecule has 162 valence electrons. The van der Waals surface area contributed by atoms with Crippen molar-refractivity contribution in [3.63, 3.8) is 0 Å². The third kappa shape index (κ3) is 4.11. The highest BCUT2D eigenvalue weighted by Crippen LogP contribution is 2.42. The molecule has 0 N–H and O–H groups in total. The number of Topliss-reactive ketones (excluding diaryl/α,β-unsaturated/α-hetero) is 1. The van der Waals surface area contributed by atoms with Crippen molar-refractivity contribution in [3.05, 3.63) is 124 Å². The number of pyridine rings is 1.